The van der Waals surface area contributed by atoms with Gasteiger partial charge in [0.1, 0.15) is 4.88 Å². The van der Waals surface area contributed by atoms with Gasteiger partial charge >= 0.3 is 0 Å². The van der Waals surface area contributed by atoms with Crippen molar-refractivity contribution in [1.82, 2.24) is 10.3 Å². The van der Waals surface area contributed by atoms with Crippen LogP contribution in [-0.2, 0) is 6.42 Å². The van der Waals surface area contributed by atoms with E-state index >= 15 is 0 Å². The second-order valence-corrected chi connectivity index (χ2v) is 6.80. The molecule has 1 atom stereocenters. The van der Waals surface area contributed by atoms with Gasteiger partial charge in [-0.1, -0.05) is 20.8 Å². The molecule has 0 aliphatic carbocycles. The maximum Gasteiger partial charge on any atom is 0.263 e. The number of carbonyl (C=O) groups excluding carboxylic acids is 1. The highest BCUT2D eigenvalue weighted by Crippen LogP contribution is 2.19. The number of hydrogen-bond acceptors (Lipinski definition) is 4. The molecule has 1 unspecified atom stereocenters. The molecule has 0 aliphatic heterocycles. The molecule has 19 heavy (non-hydrogen) atoms. The molecule has 1 amide bonds. The van der Waals surface area contributed by atoms with Crippen LogP contribution in [0.4, 0.5) is 0 Å². The molecule has 0 spiro atoms. The third-order valence-corrected chi connectivity index (χ3v) is 4.02. The molecule has 0 bridgehead atoms. The number of rotatable bonds is 7. The zero-order valence-corrected chi connectivity index (χ0v) is 13.1. The summed E-state index contributed by atoms with van der Waals surface area (Å²) in [6, 6.07) is 0. The third kappa shape index (κ3) is 4.91. The van der Waals surface area contributed by atoms with E-state index in [1.165, 1.54) is 11.3 Å². The molecule has 108 valence electrons. The number of aromatic nitrogens is 1. The van der Waals surface area contributed by atoms with E-state index in [4.69, 9.17) is 5.73 Å². The van der Waals surface area contributed by atoms with Crippen molar-refractivity contribution in [3.63, 3.8) is 0 Å². The van der Waals surface area contributed by atoms with Crippen molar-refractivity contribution >= 4 is 17.2 Å². The topological polar surface area (TPSA) is 68.0 Å². The van der Waals surface area contributed by atoms with Crippen molar-refractivity contribution in [1.29, 1.82) is 0 Å². The monoisotopic (exact) mass is 283 g/mol. The highest BCUT2D eigenvalue weighted by atomic mass is 32.1. The molecule has 0 fully saturated rings. The Kier molecular flexibility index (Phi) is 5.94. The normalized spacial score (nSPS) is 14.4. The molecule has 5 heteroatoms. The van der Waals surface area contributed by atoms with Crippen LogP contribution in [0.25, 0.3) is 0 Å². The van der Waals surface area contributed by atoms with Crippen LogP contribution in [0.15, 0.2) is 6.20 Å². The number of aryl methyl sites for hydroxylation is 1. The number of nitrogens with one attached hydrogen (secondary N) is 1. The lowest BCUT2D eigenvalue weighted by atomic mass is 9.90. The maximum atomic E-state index is 12.2. The van der Waals surface area contributed by atoms with E-state index in [0.29, 0.717) is 17.3 Å². The fourth-order valence-corrected chi connectivity index (χ4v) is 3.08. The second kappa shape index (κ2) is 7.01. The first-order valence-corrected chi connectivity index (χ1v) is 7.69. The van der Waals surface area contributed by atoms with Gasteiger partial charge in [0, 0.05) is 6.54 Å². The highest BCUT2D eigenvalue weighted by molar-refractivity contribution is 7.13. The van der Waals surface area contributed by atoms with Crippen molar-refractivity contribution in [2.75, 3.05) is 6.54 Å². The Morgan fingerprint density at radius 1 is 1.58 bits per heavy atom. The SMILES string of the molecule is CCCc1ncc(C(=O)NC(C)(CN)CC(C)C)s1. The first-order chi connectivity index (χ1) is 8.90. The van der Waals surface area contributed by atoms with Gasteiger partial charge in [-0.15, -0.1) is 11.3 Å². The van der Waals surface area contributed by atoms with E-state index in [1.54, 1.807) is 6.20 Å². The molecular weight excluding hydrogens is 258 g/mol. The van der Waals surface area contributed by atoms with Gasteiger partial charge in [-0.2, -0.15) is 0 Å². The van der Waals surface area contributed by atoms with Crippen molar-refractivity contribution in [3.05, 3.63) is 16.1 Å². The summed E-state index contributed by atoms with van der Waals surface area (Å²) >= 11 is 1.47. The standard InChI is InChI=1S/C14H25N3OS/c1-5-6-12-16-8-11(19-12)13(18)17-14(4,9-15)7-10(2)3/h8,10H,5-7,9,15H2,1-4H3,(H,17,18). The number of carbonyl (C=O) groups is 1. The average Bonchev–Trinajstić information content (AvgIpc) is 2.77. The molecule has 0 radical (unpaired) electrons. The Bertz CT molecular complexity index is 417. The zero-order valence-electron chi connectivity index (χ0n) is 12.3. The van der Waals surface area contributed by atoms with Crippen molar-refractivity contribution in [2.45, 2.75) is 52.5 Å². The van der Waals surface area contributed by atoms with E-state index in [2.05, 4.69) is 31.1 Å². The maximum absolute atomic E-state index is 12.2. The summed E-state index contributed by atoms with van der Waals surface area (Å²) in [5.41, 5.74) is 5.46. The van der Waals surface area contributed by atoms with Crippen LogP contribution >= 0.6 is 11.3 Å². The lowest BCUT2D eigenvalue weighted by Gasteiger charge is -2.30. The molecule has 1 rings (SSSR count). The van der Waals surface area contributed by atoms with Crippen LogP contribution in [0.1, 0.15) is 55.2 Å². The quantitative estimate of drug-likeness (QED) is 0.808. The summed E-state index contributed by atoms with van der Waals surface area (Å²) in [6.45, 7) is 8.81. The van der Waals surface area contributed by atoms with Crippen molar-refractivity contribution in [3.8, 4) is 0 Å². The number of thiazole rings is 1. The molecule has 3 N–H and O–H groups in total. The van der Waals surface area contributed by atoms with Gasteiger partial charge in [0.25, 0.3) is 5.91 Å². The third-order valence-electron chi connectivity index (χ3n) is 2.97. The predicted molar refractivity (Wildman–Crippen MR) is 80.5 cm³/mol. The zero-order chi connectivity index (χ0) is 14.5. The van der Waals surface area contributed by atoms with Crippen LogP contribution in [0.3, 0.4) is 0 Å². The molecule has 1 heterocycles. The van der Waals surface area contributed by atoms with Crippen LogP contribution in [0, 0.1) is 5.92 Å². The van der Waals surface area contributed by atoms with Crippen molar-refractivity contribution in [2.24, 2.45) is 11.7 Å². The first kappa shape index (κ1) is 16.1. The van der Waals surface area contributed by atoms with Gasteiger partial charge in [0.05, 0.1) is 16.7 Å². The largest absolute Gasteiger partial charge is 0.345 e. The molecule has 0 aliphatic rings. The minimum absolute atomic E-state index is 0.0616. The molecule has 0 saturated carbocycles. The van der Waals surface area contributed by atoms with Crippen LogP contribution in [0.5, 0.6) is 0 Å². The molecule has 1 aromatic heterocycles. The van der Waals surface area contributed by atoms with Gasteiger partial charge in [0.15, 0.2) is 0 Å². The minimum Gasteiger partial charge on any atom is -0.345 e. The van der Waals surface area contributed by atoms with Crippen LogP contribution < -0.4 is 11.1 Å². The van der Waals surface area contributed by atoms with Crippen LogP contribution in [-0.4, -0.2) is 23.0 Å². The Hall–Kier alpha value is -0.940. The number of nitrogens with two attached hydrogens (primary N) is 1. The summed E-state index contributed by atoms with van der Waals surface area (Å²) in [5.74, 6) is 0.430. The summed E-state index contributed by atoms with van der Waals surface area (Å²) < 4.78 is 0. The van der Waals surface area contributed by atoms with E-state index < -0.39 is 0 Å². The lowest BCUT2D eigenvalue weighted by molar-refractivity contribution is 0.0902. The molecule has 0 saturated heterocycles. The Morgan fingerprint density at radius 3 is 2.79 bits per heavy atom. The minimum atomic E-state index is -0.347. The number of hydrogen-bond donors (Lipinski definition) is 2. The van der Waals surface area contributed by atoms with Gasteiger partial charge in [-0.25, -0.2) is 4.98 Å². The van der Waals surface area contributed by atoms with E-state index in [-0.39, 0.29) is 11.4 Å². The van der Waals surface area contributed by atoms with Crippen molar-refractivity contribution < 1.29 is 4.79 Å². The van der Waals surface area contributed by atoms with E-state index in [0.717, 1.165) is 24.3 Å². The molecule has 4 nitrogen and oxygen atoms in total. The fraction of sp³-hybridized carbons (Fsp3) is 0.714. The average molecular weight is 283 g/mol. The molecular formula is C14H25N3OS. The lowest BCUT2D eigenvalue weighted by Crippen LogP contribution is -2.52. The summed E-state index contributed by atoms with van der Waals surface area (Å²) in [7, 11) is 0. The smallest absolute Gasteiger partial charge is 0.263 e. The van der Waals surface area contributed by atoms with Gasteiger partial charge in [-0.05, 0) is 32.1 Å². The highest BCUT2D eigenvalue weighted by Gasteiger charge is 2.27. The number of amides is 1. The molecule has 1 aromatic rings. The summed E-state index contributed by atoms with van der Waals surface area (Å²) in [6.07, 6.45) is 4.51. The van der Waals surface area contributed by atoms with Gasteiger partial charge in [-0.3, -0.25) is 4.79 Å². The fourth-order valence-electron chi connectivity index (χ4n) is 2.17. The summed E-state index contributed by atoms with van der Waals surface area (Å²) in [4.78, 5) is 17.2. The second-order valence-electron chi connectivity index (χ2n) is 5.69. The van der Waals surface area contributed by atoms with Gasteiger partial charge in [0.2, 0.25) is 0 Å². The summed E-state index contributed by atoms with van der Waals surface area (Å²) in [5, 5.41) is 4.07. The first-order valence-electron chi connectivity index (χ1n) is 6.87. The number of nitrogens with zero attached hydrogens (tertiary/aromatic N) is 1. The Balaban J connectivity index is 2.70. The van der Waals surface area contributed by atoms with E-state index in [9.17, 15) is 4.79 Å². The van der Waals surface area contributed by atoms with Gasteiger partial charge < -0.3 is 11.1 Å². The van der Waals surface area contributed by atoms with E-state index in [1.807, 2.05) is 6.92 Å². The van der Waals surface area contributed by atoms with Crippen LogP contribution in [0.2, 0.25) is 0 Å². The Labute approximate surface area is 119 Å². The Morgan fingerprint density at radius 2 is 2.26 bits per heavy atom. The molecule has 0 aromatic carbocycles. The predicted octanol–water partition coefficient (Wildman–Crippen LogP) is 2.59.